The van der Waals surface area contributed by atoms with Crippen LogP contribution in [0.3, 0.4) is 0 Å². The van der Waals surface area contributed by atoms with Crippen LogP contribution >= 0.6 is 0 Å². The van der Waals surface area contributed by atoms with E-state index in [0.717, 1.165) is 17.5 Å². The maximum atomic E-state index is 13.3. The van der Waals surface area contributed by atoms with E-state index in [1.807, 2.05) is 45.0 Å². The Bertz CT molecular complexity index is 1290. The van der Waals surface area contributed by atoms with Crippen LogP contribution in [0.25, 0.3) is 5.76 Å². The molecule has 35 heavy (non-hydrogen) atoms. The smallest absolute Gasteiger partial charge is 0.300 e. The molecule has 6 heteroatoms. The van der Waals surface area contributed by atoms with Crippen LogP contribution < -0.4 is 9.64 Å². The van der Waals surface area contributed by atoms with Gasteiger partial charge in [-0.3, -0.25) is 14.5 Å². The monoisotopic (exact) mass is 471 g/mol. The van der Waals surface area contributed by atoms with E-state index in [-0.39, 0.29) is 23.0 Å². The van der Waals surface area contributed by atoms with Gasteiger partial charge in [0.15, 0.2) is 0 Å². The van der Waals surface area contributed by atoms with Gasteiger partial charge < -0.3 is 14.9 Å². The van der Waals surface area contributed by atoms with Crippen LogP contribution in [0, 0.1) is 0 Å². The topological polar surface area (TPSA) is 87.1 Å². The number of aliphatic hydroxyl groups excluding tert-OH is 1. The van der Waals surface area contributed by atoms with E-state index >= 15 is 0 Å². The lowest BCUT2D eigenvalue weighted by Gasteiger charge is -2.25. The molecule has 1 heterocycles. The van der Waals surface area contributed by atoms with Crippen LogP contribution in [0.5, 0.6) is 11.5 Å². The number of aliphatic hydroxyl groups is 1. The molecule has 0 aliphatic carbocycles. The summed E-state index contributed by atoms with van der Waals surface area (Å²) in [4.78, 5) is 28.0. The molecular weight excluding hydrogens is 442 g/mol. The molecule has 1 saturated heterocycles. The van der Waals surface area contributed by atoms with Gasteiger partial charge in [-0.2, -0.15) is 0 Å². The van der Waals surface area contributed by atoms with Crippen LogP contribution in [-0.4, -0.2) is 29.0 Å². The molecule has 3 aromatic carbocycles. The fourth-order valence-electron chi connectivity index (χ4n) is 4.45. The van der Waals surface area contributed by atoms with Crippen molar-refractivity contribution in [1.29, 1.82) is 0 Å². The van der Waals surface area contributed by atoms with Gasteiger partial charge in [-0.1, -0.05) is 45.0 Å². The van der Waals surface area contributed by atoms with E-state index in [9.17, 15) is 19.8 Å². The van der Waals surface area contributed by atoms with Crippen molar-refractivity contribution in [2.45, 2.75) is 39.2 Å². The average Bonchev–Trinajstić information content (AvgIpc) is 3.13. The summed E-state index contributed by atoms with van der Waals surface area (Å²) in [6.07, 6.45) is 0.843. The Morgan fingerprint density at radius 2 is 1.66 bits per heavy atom. The Morgan fingerprint density at radius 3 is 2.23 bits per heavy atom. The van der Waals surface area contributed by atoms with Crippen LogP contribution in [0.1, 0.15) is 55.0 Å². The van der Waals surface area contributed by atoms with Crippen LogP contribution in [-0.2, 0) is 16.0 Å². The number of phenols is 1. The minimum Gasteiger partial charge on any atom is -0.508 e. The summed E-state index contributed by atoms with van der Waals surface area (Å²) in [6.45, 7) is 6.06. The highest BCUT2D eigenvalue weighted by Gasteiger charge is 2.47. The van der Waals surface area contributed by atoms with Crippen molar-refractivity contribution >= 4 is 23.1 Å². The number of anilines is 1. The molecule has 0 spiro atoms. The molecule has 1 atom stereocenters. The lowest BCUT2D eigenvalue weighted by Crippen LogP contribution is -2.29. The summed E-state index contributed by atoms with van der Waals surface area (Å²) in [5.41, 5.74) is 3.56. The molecule has 0 radical (unpaired) electrons. The number of carbonyl (C=O) groups is 2. The third kappa shape index (κ3) is 4.39. The minimum atomic E-state index is -0.854. The second-order valence-electron chi connectivity index (χ2n) is 8.89. The van der Waals surface area contributed by atoms with Gasteiger partial charge in [-0.05, 0) is 71.5 Å². The number of phenolic OH excluding ortho intramolecular Hbond substituents is 1. The van der Waals surface area contributed by atoms with Crippen LogP contribution in [0.2, 0.25) is 0 Å². The molecule has 6 nitrogen and oxygen atoms in total. The number of Topliss-reactive ketones (excluding diaryl/α,β-unsaturated/α-hetero) is 1. The fourth-order valence-corrected chi connectivity index (χ4v) is 4.45. The minimum absolute atomic E-state index is 0.000121. The molecule has 1 amide bonds. The van der Waals surface area contributed by atoms with Gasteiger partial charge in [-0.25, -0.2) is 0 Å². The maximum absolute atomic E-state index is 13.3. The first-order valence-corrected chi connectivity index (χ1v) is 11.6. The second-order valence-corrected chi connectivity index (χ2v) is 8.89. The zero-order valence-corrected chi connectivity index (χ0v) is 20.3. The zero-order valence-electron chi connectivity index (χ0n) is 20.3. The lowest BCUT2D eigenvalue weighted by atomic mass is 9.93. The third-order valence-electron chi connectivity index (χ3n) is 6.40. The number of hydrogen-bond donors (Lipinski definition) is 2. The van der Waals surface area contributed by atoms with E-state index in [2.05, 4.69) is 0 Å². The predicted molar refractivity (Wildman–Crippen MR) is 136 cm³/mol. The van der Waals surface area contributed by atoms with Crippen molar-refractivity contribution in [1.82, 2.24) is 0 Å². The molecular formula is C29H29NO5. The molecule has 0 saturated carbocycles. The third-order valence-corrected chi connectivity index (χ3v) is 6.40. The predicted octanol–water partition coefficient (Wildman–Crippen LogP) is 5.71. The maximum Gasteiger partial charge on any atom is 0.300 e. The molecule has 1 aliphatic heterocycles. The molecule has 1 unspecified atom stereocenters. The van der Waals surface area contributed by atoms with Gasteiger partial charge in [0, 0.05) is 11.3 Å². The van der Waals surface area contributed by atoms with Gasteiger partial charge in [0.1, 0.15) is 17.3 Å². The van der Waals surface area contributed by atoms with Gasteiger partial charge in [0.25, 0.3) is 11.7 Å². The van der Waals surface area contributed by atoms with Gasteiger partial charge in [0.05, 0.1) is 18.7 Å². The summed E-state index contributed by atoms with van der Waals surface area (Å²) in [5.74, 6) is -0.866. The number of ketones is 1. The Labute approximate surface area is 205 Å². The van der Waals surface area contributed by atoms with Crippen molar-refractivity contribution in [3.8, 4) is 11.5 Å². The van der Waals surface area contributed by atoms with Crippen molar-refractivity contribution < 1.29 is 24.5 Å². The van der Waals surface area contributed by atoms with Crippen molar-refractivity contribution in [2.75, 3.05) is 12.0 Å². The number of aromatic hydroxyl groups is 1. The first-order chi connectivity index (χ1) is 16.8. The molecule has 2 N–H and O–H groups in total. The quantitative estimate of drug-likeness (QED) is 0.273. The largest absolute Gasteiger partial charge is 0.508 e. The fraction of sp³-hybridized carbons (Fsp3) is 0.241. The normalized spacial score (nSPS) is 17.3. The Kier molecular flexibility index (Phi) is 6.65. The summed E-state index contributed by atoms with van der Waals surface area (Å²) in [7, 11) is 1.58. The summed E-state index contributed by atoms with van der Waals surface area (Å²) in [5, 5.41) is 21.2. The number of benzene rings is 3. The molecule has 1 fully saturated rings. The van der Waals surface area contributed by atoms with E-state index in [0.29, 0.717) is 22.6 Å². The van der Waals surface area contributed by atoms with Gasteiger partial charge >= 0.3 is 0 Å². The van der Waals surface area contributed by atoms with Crippen LogP contribution in [0.15, 0.2) is 72.3 Å². The molecule has 0 aromatic heterocycles. The highest BCUT2D eigenvalue weighted by atomic mass is 16.5. The van der Waals surface area contributed by atoms with E-state index in [1.165, 1.54) is 17.0 Å². The van der Waals surface area contributed by atoms with E-state index in [4.69, 9.17) is 4.74 Å². The second kappa shape index (κ2) is 9.66. The molecule has 4 rings (SSSR count). The number of carbonyl (C=O) groups excluding carboxylic acids is 2. The Hall–Kier alpha value is -4.06. The van der Waals surface area contributed by atoms with Crippen molar-refractivity contribution in [2.24, 2.45) is 0 Å². The number of rotatable bonds is 6. The molecule has 1 aliphatic rings. The number of amides is 1. The number of nitrogens with zero attached hydrogens (tertiary/aromatic N) is 1. The highest BCUT2D eigenvalue weighted by molar-refractivity contribution is 6.51. The SMILES string of the molecule is CCc1ccc(N2C(=O)C(=O)/C(=C(\O)c3ccc(OC)c(C(C)C)c3)C2c2ccc(O)cc2)cc1. The number of methoxy groups -OCH3 is 1. The summed E-state index contributed by atoms with van der Waals surface area (Å²) < 4.78 is 5.45. The van der Waals surface area contributed by atoms with Crippen LogP contribution in [0.4, 0.5) is 5.69 Å². The van der Waals surface area contributed by atoms with Gasteiger partial charge in [0.2, 0.25) is 0 Å². The Balaban J connectivity index is 1.92. The van der Waals surface area contributed by atoms with Crippen molar-refractivity contribution in [3.05, 3.63) is 94.6 Å². The van der Waals surface area contributed by atoms with E-state index < -0.39 is 17.7 Å². The zero-order chi connectivity index (χ0) is 25.3. The number of hydrogen-bond acceptors (Lipinski definition) is 5. The number of ether oxygens (including phenoxy) is 1. The van der Waals surface area contributed by atoms with Gasteiger partial charge in [-0.15, -0.1) is 0 Å². The average molecular weight is 472 g/mol. The molecule has 3 aromatic rings. The molecule has 180 valence electrons. The van der Waals surface area contributed by atoms with Crippen molar-refractivity contribution in [3.63, 3.8) is 0 Å². The standard InChI is InChI=1S/C29H29NO5/c1-5-18-6-11-21(12-7-18)30-26(19-8-13-22(31)14-9-19)25(28(33)29(30)34)27(32)20-10-15-24(35-4)23(16-20)17(2)3/h6-17,26,31-32H,5H2,1-4H3/b27-25-. The lowest BCUT2D eigenvalue weighted by molar-refractivity contribution is -0.132. The first-order valence-electron chi connectivity index (χ1n) is 11.6. The summed E-state index contributed by atoms with van der Waals surface area (Å²) in [6, 6.07) is 18.1. The first kappa shape index (κ1) is 24.1. The molecule has 0 bridgehead atoms. The summed E-state index contributed by atoms with van der Waals surface area (Å²) >= 11 is 0. The van der Waals surface area contributed by atoms with E-state index in [1.54, 1.807) is 37.4 Å². The highest BCUT2D eigenvalue weighted by Crippen LogP contribution is 2.43. The Morgan fingerprint density at radius 1 is 1.00 bits per heavy atom. The number of aryl methyl sites for hydroxylation is 1.